The van der Waals surface area contributed by atoms with Crippen molar-refractivity contribution in [3.8, 4) is 5.75 Å². The van der Waals surface area contributed by atoms with Gasteiger partial charge in [-0.2, -0.15) is 0 Å². The fourth-order valence-electron chi connectivity index (χ4n) is 3.20. The van der Waals surface area contributed by atoms with Gasteiger partial charge in [0.1, 0.15) is 5.75 Å². The van der Waals surface area contributed by atoms with E-state index in [1.54, 1.807) is 41.6 Å². The Balaban J connectivity index is 2.02. The molecular weight excluding hydrogens is 435 g/mol. The molecule has 5 nitrogen and oxygen atoms in total. The van der Waals surface area contributed by atoms with E-state index in [2.05, 4.69) is 4.98 Å². The number of rotatable bonds is 8. The van der Waals surface area contributed by atoms with Gasteiger partial charge in [-0.15, -0.1) is 0 Å². The third kappa shape index (κ3) is 5.97. The number of carbonyl (C=O) groups excluding carboxylic acids is 1. The number of hydrogen-bond acceptors (Lipinski definition) is 4. The Kier molecular flexibility index (Phi) is 7.91. The summed E-state index contributed by atoms with van der Waals surface area (Å²) < 4.78 is 11.5. The van der Waals surface area contributed by atoms with E-state index >= 15 is 0 Å². The van der Waals surface area contributed by atoms with E-state index in [0.717, 1.165) is 11.1 Å². The highest BCUT2D eigenvalue weighted by Gasteiger charge is 2.22. The summed E-state index contributed by atoms with van der Waals surface area (Å²) in [6.07, 6.45) is 2.85. The maximum absolute atomic E-state index is 13.6. The molecule has 7 heteroatoms. The summed E-state index contributed by atoms with van der Waals surface area (Å²) in [5.74, 6) is 0.451. The SMILES string of the molecule is CCOC(C)Oc1ccccc1CN(C(=O)c1ccncc1C)c1cc(Cl)cc(Cl)c1. The second-order valence-electron chi connectivity index (χ2n) is 6.96. The van der Waals surface area contributed by atoms with Crippen LogP contribution in [0.3, 0.4) is 0 Å². The number of ether oxygens (including phenoxy) is 2. The molecule has 1 heterocycles. The van der Waals surface area contributed by atoms with Crippen LogP contribution in [0.15, 0.2) is 60.9 Å². The highest BCUT2D eigenvalue weighted by atomic mass is 35.5. The maximum atomic E-state index is 13.6. The third-order valence-electron chi connectivity index (χ3n) is 4.65. The van der Waals surface area contributed by atoms with Gasteiger partial charge in [-0.05, 0) is 56.7 Å². The van der Waals surface area contributed by atoms with E-state index in [0.29, 0.717) is 33.7 Å². The molecule has 0 spiro atoms. The van der Waals surface area contributed by atoms with Crippen LogP contribution in [0.4, 0.5) is 5.69 Å². The number of halogens is 2. The van der Waals surface area contributed by atoms with Gasteiger partial charge in [0.05, 0.1) is 6.54 Å². The molecule has 1 unspecified atom stereocenters. The minimum atomic E-state index is -0.418. The first kappa shape index (κ1) is 23.1. The predicted octanol–water partition coefficient (Wildman–Crippen LogP) is 6.31. The van der Waals surface area contributed by atoms with Crippen molar-refractivity contribution in [3.63, 3.8) is 0 Å². The van der Waals surface area contributed by atoms with Crippen molar-refractivity contribution in [2.75, 3.05) is 11.5 Å². The molecule has 1 atom stereocenters. The number of anilines is 1. The number of amides is 1. The number of aromatic nitrogens is 1. The Morgan fingerprint density at radius 2 is 1.84 bits per heavy atom. The first-order valence-electron chi connectivity index (χ1n) is 9.93. The van der Waals surface area contributed by atoms with Gasteiger partial charge in [0.25, 0.3) is 5.91 Å². The monoisotopic (exact) mass is 458 g/mol. The van der Waals surface area contributed by atoms with Gasteiger partial charge >= 0.3 is 0 Å². The fourth-order valence-corrected chi connectivity index (χ4v) is 3.72. The first-order valence-corrected chi connectivity index (χ1v) is 10.7. The average molecular weight is 459 g/mol. The van der Waals surface area contributed by atoms with Crippen molar-refractivity contribution >= 4 is 34.8 Å². The minimum absolute atomic E-state index is 0.189. The maximum Gasteiger partial charge on any atom is 0.258 e. The molecule has 0 bridgehead atoms. The van der Waals surface area contributed by atoms with E-state index in [1.165, 1.54) is 0 Å². The molecule has 0 fully saturated rings. The van der Waals surface area contributed by atoms with Crippen LogP contribution in [-0.4, -0.2) is 23.8 Å². The molecule has 1 aromatic heterocycles. The fraction of sp³-hybridized carbons (Fsp3) is 0.250. The molecule has 31 heavy (non-hydrogen) atoms. The summed E-state index contributed by atoms with van der Waals surface area (Å²) in [4.78, 5) is 19.3. The van der Waals surface area contributed by atoms with E-state index in [4.69, 9.17) is 32.7 Å². The summed E-state index contributed by atoms with van der Waals surface area (Å²) in [5.41, 5.74) is 2.74. The molecule has 0 N–H and O–H groups in total. The van der Waals surface area contributed by atoms with Crippen molar-refractivity contribution in [2.24, 2.45) is 0 Å². The zero-order valence-corrected chi connectivity index (χ0v) is 19.2. The summed E-state index contributed by atoms with van der Waals surface area (Å²) >= 11 is 12.5. The van der Waals surface area contributed by atoms with E-state index in [1.807, 2.05) is 45.0 Å². The number of carbonyl (C=O) groups is 1. The van der Waals surface area contributed by atoms with Crippen LogP contribution < -0.4 is 9.64 Å². The minimum Gasteiger partial charge on any atom is -0.465 e. The van der Waals surface area contributed by atoms with Crippen LogP contribution in [0, 0.1) is 6.92 Å². The van der Waals surface area contributed by atoms with Crippen molar-refractivity contribution < 1.29 is 14.3 Å². The molecule has 0 radical (unpaired) electrons. The lowest BCUT2D eigenvalue weighted by Crippen LogP contribution is -2.31. The highest BCUT2D eigenvalue weighted by Crippen LogP contribution is 2.30. The lowest BCUT2D eigenvalue weighted by molar-refractivity contribution is -0.0617. The van der Waals surface area contributed by atoms with Crippen molar-refractivity contribution in [3.05, 3.63) is 87.7 Å². The molecule has 0 saturated carbocycles. The summed E-state index contributed by atoms with van der Waals surface area (Å²) in [6.45, 7) is 6.39. The first-order chi connectivity index (χ1) is 14.9. The zero-order chi connectivity index (χ0) is 22.4. The summed E-state index contributed by atoms with van der Waals surface area (Å²) in [6, 6.07) is 14.3. The van der Waals surface area contributed by atoms with Crippen molar-refractivity contribution in [1.82, 2.24) is 4.98 Å². The summed E-state index contributed by atoms with van der Waals surface area (Å²) in [7, 11) is 0. The highest BCUT2D eigenvalue weighted by molar-refractivity contribution is 6.35. The van der Waals surface area contributed by atoms with Gasteiger partial charge in [0.15, 0.2) is 6.29 Å². The molecule has 0 aliphatic carbocycles. The number of hydrogen-bond donors (Lipinski definition) is 0. The second-order valence-corrected chi connectivity index (χ2v) is 7.83. The van der Waals surface area contributed by atoms with Crippen molar-refractivity contribution in [1.29, 1.82) is 0 Å². The number of aryl methyl sites for hydroxylation is 1. The molecular formula is C24H24Cl2N2O3. The van der Waals surface area contributed by atoms with Crippen LogP contribution in [0.1, 0.15) is 35.3 Å². The largest absolute Gasteiger partial charge is 0.465 e. The molecule has 0 saturated heterocycles. The standard InChI is InChI=1S/C24H24Cl2N2O3/c1-4-30-17(3)31-23-8-6-5-7-18(23)15-28(21-12-19(25)11-20(26)13-21)24(29)22-9-10-27-14-16(22)2/h5-14,17H,4,15H2,1-3H3. The van der Waals surface area contributed by atoms with Crippen LogP contribution in [0.5, 0.6) is 5.75 Å². The number of pyridine rings is 1. The lowest BCUT2D eigenvalue weighted by Gasteiger charge is -2.26. The smallest absolute Gasteiger partial charge is 0.258 e. The average Bonchev–Trinajstić information content (AvgIpc) is 2.72. The van der Waals surface area contributed by atoms with Gasteiger partial charge in [0.2, 0.25) is 0 Å². The molecule has 162 valence electrons. The number of para-hydroxylation sites is 1. The summed E-state index contributed by atoms with van der Waals surface area (Å²) in [5, 5.41) is 0.891. The second kappa shape index (κ2) is 10.6. The predicted molar refractivity (Wildman–Crippen MR) is 124 cm³/mol. The van der Waals surface area contributed by atoms with Gasteiger partial charge < -0.3 is 14.4 Å². The van der Waals surface area contributed by atoms with Gasteiger partial charge in [-0.25, -0.2) is 0 Å². The van der Waals surface area contributed by atoms with E-state index < -0.39 is 6.29 Å². The van der Waals surface area contributed by atoms with E-state index in [9.17, 15) is 4.79 Å². The number of nitrogens with zero attached hydrogens (tertiary/aromatic N) is 2. The number of benzene rings is 2. The van der Waals surface area contributed by atoms with Crippen LogP contribution >= 0.6 is 23.2 Å². The topological polar surface area (TPSA) is 51.7 Å². The molecule has 2 aromatic carbocycles. The Morgan fingerprint density at radius 3 is 2.52 bits per heavy atom. The van der Waals surface area contributed by atoms with Crippen LogP contribution in [-0.2, 0) is 11.3 Å². The zero-order valence-electron chi connectivity index (χ0n) is 17.6. The normalized spacial score (nSPS) is 11.8. The Morgan fingerprint density at radius 1 is 1.13 bits per heavy atom. The molecule has 3 aromatic rings. The van der Waals surface area contributed by atoms with Gasteiger partial charge in [0, 0.05) is 45.9 Å². The quantitative estimate of drug-likeness (QED) is 0.371. The molecule has 3 rings (SSSR count). The van der Waals surface area contributed by atoms with Gasteiger partial charge in [-0.3, -0.25) is 9.78 Å². The van der Waals surface area contributed by atoms with Gasteiger partial charge in [-0.1, -0.05) is 41.4 Å². The van der Waals surface area contributed by atoms with Crippen molar-refractivity contribution in [2.45, 2.75) is 33.6 Å². The molecule has 0 aliphatic heterocycles. The Hall–Kier alpha value is -2.60. The molecule has 0 aliphatic rings. The van der Waals surface area contributed by atoms with Crippen LogP contribution in [0.25, 0.3) is 0 Å². The van der Waals surface area contributed by atoms with Crippen LogP contribution in [0.2, 0.25) is 10.0 Å². The molecule has 1 amide bonds. The Bertz CT molecular complexity index is 1040. The third-order valence-corrected chi connectivity index (χ3v) is 5.09. The Labute approximate surface area is 192 Å². The van der Waals surface area contributed by atoms with E-state index in [-0.39, 0.29) is 12.5 Å². The lowest BCUT2D eigenvalue weighted by atomic mass is 10.1.